The van der Waals surface area contributed by atoms with Gasteiger partial charge in [0.2, 0.25) is 5.75 Å². The van der Waals surface area contributed by atoms with Gasteiger partial charge in [0.15, 0.2) is 17.1 Å². The molecule has 0 bridgehead atoms. The number of hydrogen-bond acceptors (Lipinski definition) is 6. The van der Waals surface area contributed by atoms with Crippen LogP contribution in [0, 0.1) is 0 Å². The number of fused-ring (bicyclic) bond motifs is 1. The predicted octanol–water partition coefficient (Wildman–Crippen LogP) is 2.90. The van der Waals surface area contributed by atoms with Crippen LogP contribution >= 0.6 is 0 Å². The Balaban J connectivity index is 2.23. The Morgan fingerprint density at radius 1 is 0.957 bits per heavy atom. The summed E-state index contributed by atoms with van der Waals surface area (Å²) in [6, 6.07) is 9.44. The van der Waals surface area contributed by atoms with Crippen molar-refractivity contribution in [1.82, 2.24) is 9.97 Å². The van der Waals surface area contributed by atoms with Gasteiger partial charge in [-0.15, -0.1) is 0 Å². The van der Waals surface area contributed by atoms with Crippen molar-refractivity contribution in [3.05, 3.63) is 36.5 Å². The van der Waals surface area contributed by atoms with E-state index >= 15 is 0 Å². The summed E-state index contributed by atoms with van der Waals surface area (Å²) in [5, 5.41) is 0.908. The summed E-state index contributed by atoms with van der Waals surface area (Å²) >= 11 is 0. The second kappa shape index (κ2) is 6.00. The zero-order valence-corrected chi connectivity index (χ0v) is 13.2. The lowest BCUT2D eigenvalue weighted by molar-refractivity contribution is 0.324. The summed E-state index contributed by atoms with van der Waals surface area (Å²) in [5.74, 6) is 2.05. The number of pyridine rings is 2. The molecule has 6 nitrogen and oxygen atoms in total. The zero-order valence-electron chi connectivity index (χ0n) is 13.2. The number of rotatable bonds is 4. The molecule has 2 N–H and O–H groups in total. The fourth-order valence-corrected chi connectivity index (χ4v) is 2.49. The highest BCUT2D eigenvalue weighted by molar-refractivity contribution is 5.87. The van der Waals surface area contributed by atoms with Crippen LogP contribution in [0.2, 0.25) is 0 Å². The second-order valence-corrected chi connectivity index (χ2v) is 4.89. The first kappa shape index (κ1) is 14.9. The van der Waals surface area contributed by atoms with Gasteiger partial charge in [-0.25, -0.2) is 9.97 Å². The first-order valence-corrected chi connectivity index (χ1v) is 6.99. The average Bonchev–Trinajstić information content (AvgIpc) is 2.59. The highest BCUT2D eigenvalue weighted by atomic mass is 16.5. The number of benzene rings is 1. The molecule has 23 heavy (non-hydrogen) atoms. The van der Waals surface area contributed by atoms with E-state index in [0.29, 0.717) is 28.7 Å². The number of nitrogens with zero attached hydrogens (tertiary/aromatic N) is 2. The van der Waals surface area contributed by atoms with E-state index in [9.17, 15) is 0 Å². The Kier molecular flexibility index (Phi) is 3.89. The molecule has 118 valence electrons. The molecule has 0 spiro atoms. The van der Waals surface area contributed by atoms with Gasteiger partial charge < -0.3 is 19.9 Å². The minimum Gasteiger partial charge on any atom is -0.493 e. The third kappa shape index (κ3) is 2.59. The molecule has 0 unspecified atom stereocenters. The molecule has 0 aliphatic rings. The Hall–Kier alpha value is -3.02. The van der Waals surface area contributed by atoms with Crippen LogP contribution < -0.4 is 19.9 Å². The Bertz CT molecular complexity index is 840. The van der Waals surface area contributed by atoms with Gasteiger partial charge in [-0.1, -0.05) is 0 Å². The van der Waals surface area contributed by atoms with E-state index in [2.05, 4.69) is 9.97 Å². The summed E-state index contributed by atoms with van der Waals surface area (Å²) in [7, 11) is 4.72. The molecule has 0 amide bonds. The maximum atomic E-state index is 6.11. The van der Waals surface area contributed by atoms with E-state index in [4.69, 9.17) is 19.9 Å². The van der Waals surface area contributed by atoms with Crippen molar-refractivity contribution in [2.75, 3.05) is 27.1 Å². The normalized spacial score (nSPS) is 10.6. The van der Waals surface area contributed by atoms with Crippen LogP contribution in [0.15, 0.2) is 36.5 Å². The molecular weight excluding hydrogens is 294 g/mol. The molecule has 3 rings (SSSR count). The third-order valence-corrected chi connectivity index (χ3v) is 3.59. The molecule has 0 saturated heterocycles. The van der Waals surface area contributed by atoms with E-state index in [1.807, 2.05) is 30.3 Å². The topological polar surface area (TPSA) is 79.5 Å². The van der Waals surface area contributed by atoms with Crippen LogP contribution in [0.3, 0.4) is 0 Å². The Labute approximate surface area is 133 Å². The molecule has 0 fully saturated rings. The van der Waals surface area contributed by atoms with Crippen molar-refractivity contribution in [1.29, 1.82) is 0 Å². The molecule has 2 aromatic heterocycles. The first-order valence-electron chi connectivity index (χ1n) is 6.99. The van der Waals surface area contributed by atoms with Gasteiger partial charge in [0.1, 0.15) is 5.82 Å². The minimum atomic E-state index is 0.394. The van der Waals surface area contributed by atoms with Crippen LogP contribution in [0.5, 0.6) is 17.2 Å². The lowest BCUT2D eigenvalue weighted by atomic mass is 10.0. The van der Waals surface area contributed by atoms with Crippen LogP contribution in [0.1, 0.15) is 0 Å². The Morgan fingerprint density at radius 2 is 1.65 bits per heavy atom. The number of anilines is 1. The molecule has 0 atom stereocenters. The highest BCUT2D eigenvalue weighted by Gasteiger charge is 2.16. The summed E-state index contributed by atoms with van der Waals surface area (Å²) in [6.07, 6.45) is 1.69. The lowest BCUT2D eigenvalue weighted by Crippen LogP contribution is -1.99. The van der Waals surface area contributed by atoms with Crippen molar-refractivity contribution in [3.8, 4) is 28.4 Å². The Morgan fingerprint density at radius 3 is 2.26 bits per heavy atom. The molecule has 2 heterocycles. The summed E-state index contributed by atoms with van der Waals surface area (Å²) in [5.41, 5.74) is 8.33. The monoisotopic (exact) mass is 311 g/mol. The van der Waals surface area contributed by atoms with Crippen LogP contribution in [0.25, 0.3) is 22.2 Å². The molecule has 1 aromatic carbocycles. The van der Waals surface area contributed by atoms with Gasteiger partial charge in [-0.05, 0) is 35.9 Å². The van der Waals surface area contributed by atoms with Gasteiger partial charge in [0.25, 0.3) is 0 Å². The number of aromatic nitrogens is 2. The SMILES string of the molecule is COc1cc(-c2cc3cccnc3nc2N)cc(OC)c1OC. The average molecular weight is 311 g/mol. The molecule has 6 heteroatoms. The largest absolute Gasteiger partial charge is 0.493 e. The van der Waals surface area contributed by atoms with Crippen LogP contribution in [-0.2, 0) is 0 Å². The van der Waals surface area contributed by atoms with Crippen molar-refractivity contribution >= 4 is 16.9 Å². The van der Waals surface area contributed by atoms with E-state index in [1.165, 1.54) is 0 Å². The number of nitrogens with two attached hydrogens (primary N) is 1. The minimum absolute atomic E-state index is 0.394. The molecule has 0 aliphatic heterocycles. The maximum Gasteiger partial charge on any atom is 0.203 e. The lowest BCUT2D eigenvalue weighted by Gasteiger charge is -2.15. The molecular formula is C17H17N3O3. The number of methoxy groups -OCH3 is 3. The highest BCUT2D eigenvalue weighted by Crippen LogP contribution is 2.42. The predicted molar refractivity (Wildman–Crippen MR) is 89.0 cm³/mol. The fourth-order valence-electron chi connectivity index (χ4n) is 2.49. The van der Waals surface area contributed by atoms with Gasteiger partial charge in [-0.3, -0.25) is 0 Å². The third-order valence-electron chi connectivity index (χ3n) is 3.59. The van der Waals surface area contributed by atoms with Gasteiger partial charge in [0.05, 0.1) is 21.3 Å². The first-order chi connectivity index (χ1) is 11.2. The van der Waals surface area contributed by atoms with Gasteiger partial charge in [0, 0.05) is 17.1 Å². The number of hydrogen-bond donors (Lipinski definition) is 1. The smallest absolute Gasteiger partial charge is 0.203 e. The standard InChI is InChI=1S/C17H17N3O3/c1-21-13-8-11(9-14(22-2)15(13)23-3)12-7-10-5-4-6-19-17(10)20-16(12)18/h4-9H,1-3H3,(H2,18,19,20). The summed E-state index contributed by atoms with van der Waals surface area (Å²) in [4.78, 5) is 8.57. The summed E-state index contributed by atoms with van der Waals surface area (Å²) in [6.45, 7) is 0. The molecule has 0 saturated carbocycles. The van der Waals surface area contributed by atoms with Crippen molar-refractivity contribution in [2.24, 2.45) is 0 Å². The van der Waals surface area contributed by atoms with Crippen molar-refractivity contribution < 1.29 is 14.2 Å². The van der Waals surface area contributed by atoms with Crippen LogP contribution in [0.4, 0.5) is 5.82 Å². The van der Waals surface area contributed by atoms with Crippen LogP contribution in [-0.4, -0.2) is 31.3 Å². The molecule has 0 radical (unpaired) electrons. The van der Waals surface area contributed by atoms with E-state index in [0.717, 1.165) is 16.5 Å². The van der Waals surface area contributed by atoms with Crippen molar-refractivity contribution in [3.63, 3.8) is 0 Å². The fraction of sp³-hybridized carbons (Fsp3) is 0.176. The van der Waals surface area contributed by atoms with E-state index in [-0.39, 0.29) is 0 Å². The van der Waals surface area contributed by atoms with E-state index in [1.54, 1.807) is 27.5 Å². The quantitative estimate of drug-likeness (QED) is 0.798. The van der Waals surface area contributed by atoms with Gasteiger partial charge in [-0.2, -0.15) is 0 Å². The molecule has 0 aliphatic carbocycles. The summed E-state index contributed by atoms with van der Waals surface area (Å²) < 4.78 is 16.1. The van der Waals surface area contributed by atoms with Gasteiger partial charge >= 0.3 is 0 Å². The second-order valence-electron chi connectivity index (χ2n) is 4.89. The molecule has 3 aromatic rings. The number of ether oxygens (including phenoxy) is 3. The zero-order chi connectivity index (χ0) is 16.4. The number of nitrogen functional groups attached to an aromatic ring is 1. The maximum absolute atomic E-state index is 6.11. The van der Waals surface area contributed by atoms with Crippen molar-refractivity contribution in [2.45, 2.75) is 0 Å². The van der Waals surface area contributed by atoms with E-state index < -0.39 is 0 Å².